The molecule has 216 valence electrons. The van der Waals surface area contributed by atoms with E-state index >= 15 is 0 Å². The van der Waals surface area contributed by atoms with Crippen molar-refractivity contribution >= 4 is 72.6 Å². The zero-order valence-corrected chi connectivity index (χ0v) is 25.5. The maximum atomic E-state index is 6.16. The summed E-state index contributed by atoms with van der Waals surface area (Å²) in [6.45, 7) is 0. The van der Waals surface area contributed by atoms with Crippen LogP contribution in [0.15, 0.2) is 172 Å². The van der Waals surface area contributed by atoms with E-state index in [0.29, 0.717) is 0 Å². The van der Waals surface area contributed by atoms with Crippen molar-refractivity contribution < 1.29 is 4.42 Å². The van der Waals surface area contributed by atoms with Crippen LogP contribution in [0.3, 0.4) is 0 Å². The molecule has 0 amide bonds. The lowest BCUT2D eigenvalue weighted by Gasteiger charge is -2.33. The van der Waals surface area contributed by atoms with Gasteiger partial charge in [-0.3, -0.25) is 0 Å². The van der Waals surface area contributed by atoms with Crippen LogP contribution in [0.25, 0.3) is 60.6 Å². The van der Waals surface area contributed by atoms with E-state index in [0.717, 1.165) is 27.6 Å². The van der Waals surface area contributed by atoms with Gasteiger partial charge in [0.15, 0.2) is 0 Å². The van der Waals surface area contributed by atoms with Gasteiger partial charge < -0.3 is 13.9 Å². The van der Waals surface area contributed by atoms with Crippen molar-refractivity contribution in [2.75, 3.05) is 4.90 Å². The number of fused-ring (bicyclic) bond motifs is 8. The molecule has 0 aliphatic carbocycles. The summed E-state index contributed by atoms with van der Waals surface area (Å²) < 4.78 is 8.53. The number of rotatable bonds is 3. The molecule has 7 aromatic carbocycles. The molecule has 0 unspecified atom stereocenters. The maximum absolute atomic E-state index is 6.16. The average molecular weight is 607 g/mol. The predicted octanol–water partition coefficient (Wildman–Crippen LogP) is 12.3. The number of hydrogen-bond acceptors (Lipinski definition) is 3. The molecule has 46 heavy (non-hydrogen) atoms. The standard InChI is InChI=1S/C42H26N2OS/c1-2-10-29(11-3-1)43-35-14-6-4-12-31(35)33-24-27(18-21-36(33)43)28-19-22-38-42(25-28)46-41-17-9-7-15-37(41)44(38)30-20-23-40-34(26-30)32-13-5-8-16-39(32)45-40/h1-26H. The fourth-order valence-corrected chi connectivity index (χ4v) is 8.17. The van der Waals surface area contributed by atoms with E-state index in [4.69, 9.17) is 4.42 Å². The Kier molecular flexibility index (Phi) is 5.51. The average Bonchev–Trinajstić information content (AvgIpc) is 3.66. The van der Waals surface area contributed by atoms with Gasteiger partial charge in [-0.2, -0.15) is 0 Å². The first-order valence-electron chi connectivity index (χ1n) is 15.5. The molecule has 9 aromatic rings. The first-order valence-corrected chi connectivity index (χ1v) is 16.3. The van der Waals surface area contributed by atoms with Crippen LogP contribution >= 0.6 is 11.8 Å². The van der Waals surface area contributed by atoms with Gasteiger partial charge in [0.05, 0.1) is 22.4 Å². The Labute approximate surface area is 269 Å². The summed E-state index contributed by atoms with van der Waals surface area (Å²) in [4.78, 5) is 4.87. The van der Waals surface area contributed by atoms with Crippen molar-refractivity contribution in [3.63, 3.8) is 0 Å². The molecular formula is C42H26N2OS. The van der Waals surface area contributed by atoms with Crippen molar-refractivity contribution in [3.05, 3.63) is 158 Å². The SMILES string of the molecule is c1ccc(-n2c3ccccc3c3cc(-c4ccc5c(c4)Sc4ccccc4N5c4ccc5oc6ccccc6c5c4)ccc32)cc1. The van der Waals surface area contributed by atoms with E-state index in [1.807, 2.05) is 23.9 Å². The molecule has 0 saturated carbocycles. The lowest BCUT2D eigenvalue weighted by atomic mass is 10.0. The summed E-state index contributed by atoms with van der Waals surface area (Å²) in [6, 6.07) is 56.6. The zero-order chi connectivity index (χ0) is 30.2. The molecule has 1 aliphatic rings. The maximum Gasteiger partial charge on any atom is 0.135 e. The second-order valence-electron chi connectivity index (χ2n) is 11.8. The van der Waals surface area contributed by atoms with Crippen molar-refractivity contribution in [2.24, 2.45) is 0 Å². The molecular weight excluding hydrogens is 581 g/mol. The molecule has 3 heterocycles. The Morgan fingerprint density at radius 1 is 0.413 bits per heavy atom. The first kappa shape index (κ1) is 25.6. The summed E-state index contributed by atoms with van der Waals surface area (Å²) in [5.74, 6) is 0. The van der Waals surface area contributed by atoms with Gasteiger partial charge in [0.25, 0.3) is 0 Å². The summed E-state index contributed by atoms with van der Waals surface area (Å²) in [7, 11) is 0. The van der Waals surface area contributed by atoms with Crippen LogP contribution in [0.2, 0.25) is 0 Å². The van der Waals surface area contributed by atoms with Gasteiger partial charge in [-0.15, -0.1) is 0 Å². The van der Waals surface area contributed by atoms with Crippen molar-refractivity contribution in [1.82, 2.24) is 4.57 Å². The molecule has 0 fully saturated rings. The Bertz CT molecular complexity index is 2630. The van der Waals surface area contributed by atoms with Crippen LogP contribution in [0, 0.1) is 0 Å². The van der Waals surface area contributed by atoms with Crippen molar-refractivity contribution in [3.8, 4) is 16.8 Å². The smallest absolute Gasteiger partial charge is 0.135 e. The van der Waals surface area contributed by atoms with Crippen molar-refractivity contribution in [2.45, 2.75) is 9.79 Å². The second kappa shape index (κ2) is 9.90. The molecule has 0 atom stereocenters. The minimum Gasteiger partial charge on any atom is -0.456 e. The Hall–Kier alpha value is -5.71. The van der Waals surface area contributed by atoms with E-state index in [-0.39, 0.29) is 0 Å². The highest BCUT2D eigenvalue weighted by atomic mass is 32.2. The third-order valence-electron chi connectivity index (χ3n) is 9.17. The van der Waals surface area contributed by atoms with Gasteiger partial charge in [0, 0.05) is 42.7 Å². The lowest BCUT2D eigenvalue weighted by molar-refractivity contribution is 0.669. The number of para-hydroxylation sites is 4. The largest absolute Gasteiger partial charge is 0.456 e. The van der Waals surface area contributed by atoms with Gasteiger partial charge >= 0.3 is 0 Å². The molecule has 0 saturated heterocycles. The van der Waals surface area contributed by atoms with Gasteiger partial charge in [-0.1, -0.05) is 90.6 Å². The molecule has 0 bridgehead atoms. The number of hydrogen-bond donors (Lipinski definition) is 0. The number of benzene rings is 7. The number of nitrogens with zero attached hydrogens (tertiary/aromatic N) is 2. The molecule has 3 nitrogen and oxygen atoms in total. The molecule has 4 heteroatoms. The molecule has 2 aromatic heterocycles. The van der Waals surface area contributed by atoms with Gasteiger partial charge in [-0.05, 0) is 90.0 Å². The minimum atomic E-state index is 0.907. The van der Waals surface area contributed by atoms with E-state index in [1.165, 1.54) is 59.8 Å². The fraction of sp³-hybridized carbons (Fsp3) is 0. The zero-order valence-electron chi connectivity index (χ0n) is 24.7. The van der Waals surface area contributed by atoms with E-state index in [1.54, 1.807) is 0 Å². The summed E-state index contributed by atoms with van der Waals surface area (Å²) in [5.41, 5.74) is 11.3. The van der Waals surface area contributed by atoms with Gasteiger partial charge in [-0.25, -0.2) is 0 Å². The van der Waals surface area contributed by atoms with Crippen LogP contribution in [-0.2, 0) is 0 Å². The van der Waals surface area contributed by atoms with E-state index in [9.17, 15) is 0 Å². The highest BCUT2D eigenvalue weighted by Crippen LogP contribution is 2.52. The number of anilines is 3. The van der Waals surface area contributed by atoms with Crippen molar-refractivity contribution in [1.29, 1.82) is 0 Å². The lowest BCUT2D eigenvalue weighted by Crippen LogP contribution is -2.14. The fourth-order valence-electron chi connectivity index (χ4n) is 7.08. The number of aromatic nitrogens is 1. The summed E-state index contributed by atoms with van der Waals surface area (Å²) in [6.07, 6.45) is 0. The first-order chi connectivity index (χ1) is 22.8. The molecule has 0 radical (unpaired) electrons. The normalized spacial score (nSPS) is 12.7. The monoisotopic (exact) mass is 606 g/mol. The minimum absolute atomic E-state index is 0.907. The summed E-state index contributed by atoms with van der Waals surface area (Å²) >= 11 is 1.84. The van der Waals surface area contributed by atoms with E-state index < -0.39 is 0 Å². The Morgan fingerprint density at radius 3 is 2.04 bits per heavy atom. The van der Waals surface area contributed by atoms with Crippen LogP contribution in [-0.4, -0.2) is 4.57 Å². The predicted molar refractivity (Wildman–Crippen MR) is 192 cm³/mol. The topological polar surface area (TPSA) is 21.3 Å². The third kappa shape index (κ3) is 3.81. The quantitative estimate of drug-likeness (QED) is 0.200. The highest BCUT2D eigenvalue weighted by Gasteiger charge is 2.26. The Morgan fingerprint density at radius 2 is 1.11 bits per heavy atom. The second-order valence-corrected chi connectivity index (χ2v) is 12.9. The molecule has 0 spiro atoms. The van der Waals surface area contributed by atoms with Gasteiger partial charge in [0.1, 0.15) is 11.2 Å². The van der Waals surface area contributed by atoms with Crippen LogP contribution in [0.5, 0.6) is 0 Å². The molecule has 10 rings (SSSR count). The van der Waals surface area contributed by atoms with E-state index in [2.05, 4.69) is 155 Å². The molecule has 0 N–H and O–H groups in total. The highest BCUT2D eigenvalue weighted by molar-refractivity contribution is 7.99. The van der Waals surface area contributed by atoms with Crippen LogP contribution in [0.4, 0.5) is 17.1 Å². The molecule has 1 aliphatic heterocycles. The summed E-state index contributed by atoms with van der Waals surface area (Å²) in [5, 5.41) is 4.79. The van der Waals surface area contributed by atoms with Crippen LogP contribution in [0.1, 0.15) is 0 Å². The third-order valence-corrected chi connectivity index (χ3v) is 10.3. The van der Waals surface area contributed by atoms with Crippen LogP contribution < -0.4 is 4.90 Å². The number of furan rings is 1. The Balaban J connectivity index is 1.12. The van der Waals surface area contributed by atoms with Gasteiger partial charge in [0.2, 0.25) is 0 Å².